The molecule has 90 valence electrons. The van der Waals surface area contributed by atoms with Gasteiger partial charge in [0.2, 0.25) is 6.79 Å². The molecule has 0 fully saturated rings. The maximum Gasteiger partial charge on any atom is 0.325 e. The highest BCUT2D eigenvalue weighted by molar-refractivity contribution is 5.97. The summed E-state index contributed by atoms with van der Waals surface area (Å²) in [4.78, 5) is 22.3. The number of fused-ring (bicyclic) bond motifs is 1. The average Bonchev–Trinajstić information content (AvgIpc) is 2.75. The van der Waals surface area contributed by atoms with Crippen LogP contribution in [-0.2, 0) is 4.79 Å². The van der Waals surface area contributed by atoms with Crippen molar-refractivity contribution in [3.05, 3.63) is 23.8 Å². The summed E-state index contributed by atoms with van der Waals surface area (Å²) in [5.74, 6) is -0.481. The normalized spacial score (nSPS) is 14.2. The van der Waals surface area contributed by atoms with Crippen LogP contribution in [0.15, 0.2) is 18.2 Å². The molecule has 2 N–H and O–H groups in total. The van der Waals surface area contributed by atoms with Crippen LogP contribution in [0.4, 0.5) is 0 Å². The molecule has 2 rings (SSSR count). The number of amides is 1. The standard InChI is InChI=1S/C11H11NO5/c1-6(11(14)15)12-10(13)7-2-3-8-9(4-7)17-5-16-8/h2-4,6H,5H2,1H3,(H,12,13)(H,14,15). The van der Waals surface area contributed by atoms with E-state index in [1.54, 1.807) is 12.1 Å². The molecule has 0 aliphatic carbocycles. The molecule has 0 radical (unpaired) electrons. The number of hydrogen-bond acceptors (Lipinski definition) is 4. The lowest BCUT2D eigenvalue weighted by atomic mass is 10.2. The first-order chi connectivity index (χ1) is 8.08. The summed E-state index contributed by atoms with van der Waals surface area (Å²) in [6.07, 6.45) is 0. The second-order valence-corrected chi connectivity index (χ2v) is 3.60. The lowest BCUT2D eigenvalue weighted by Gasteiger charge is -2.09. The second-order valence-electron chi connectivity index (χ2n) is 3.60. The number of carbonyl (C=O) groups excluding carboxylic acids is 1. The third-order valence-electron chi connectivity index (χ3n) is 2.35. The van der Waals surface area contributed by atoms with Gasteiger partial charge in [-0.25, -0.2) is 0 Å². The SMILES string of the molecule is CC(NC(=O)c1ccc2c(c1)OCO2)C(=O)O. The second kappa shape index (κ2) is 4.32. The fourth-order valence-electron chi connectivity index (χ4n) is 1.38. The van der Waals surface area contributed by atoms with Crippen molar-refractivity contribution in [2.24, 2.45) is 0 Å². The molecule has 1 aromatic carbocycles. The lowest BCUT2D eigenvalue weighted by Crippen LogP contribution is -2.38. The molecular formula is C11H11NO5. The Labute approximate surface area is 97.1 Å². The molecule has 0 spiro atoms. The van der Waals surface area contributed by atoms with Gasteiger partial charge in [0.1, 0.15) is 6.04 Å². The van der Waals surface area contributed by atoms with Gasteiger partial charge in [-0.1, -0.05) is 0 Å². The lowest BCUT2D eigenvalue weighted by molar-refractivity contribution is -0.138. The summed E-state index contributed by atoms with van der Waals surface area (Å²) in [6.45, 7) is 1.53. The zero-order valence-electron chi connectivity index (χ0n) is 9.10. The molecule has 1 aliphatic rings. The van der Waals surface area contributed by atoms with Gasteiger partial charge in [-0.15, -0.1) is 0 Å². The average molecular weight is 237 g/mol. The number of ether oxygens (including phenoxy) is 2. The van der Waals surface area contributed by atoms with Gasteiger partial charge in [0.25, 0.3) is 5.91 Å². The third kappa shape index (κ3) is 2.30. The highest BCUT2D eigenvalue weighted by atomic mass is 16.7. The first-order valence-electron chi connectivity index (χ1n) is 5.01. The smallest absolute Gasteiger partial charge is 0.325 e. The van der Waals surface area contributed by atoms with E-state index in [0.717, 1.165) is 0 Å². The van der Waals surface area contributed by atoms with E-state index in [1.807, 2.05) is 0 Å². The maximum atomic E-state index is 11.7. The molecular weight excluding hydrogens is 226 g/mol. The van der Waals surface area contributed by atoms with Crippen LogP contribution in [-0.4, -0.2) is 29.8 Å². The first-order valence-corrected chi connectivity index (χ1v) is 5.01. The van der Waals surface area contributed by atoms with Crippen LogP contribution in [0.1, 0.15) is 17.3 Å². The predicted octanol–water partition coefficient (Wildman–Crippen LogP) is 0.618. The molecule has 0 bridgehead atoms. The van der Waals surface area contributed by atoms with Crippen molar-refractivity contribution in [2.45, 2.75) is 13.0 Å². The number of nitrogens with one attached hydrogen (secondary N) is 1. The van der Waals surface area contributed by atoms with E-state index in [-0.39, 0.29) is 6.79 Å². The van der Waals surface area contributed by atoms with Crippen LogP contribution >= 0.6 is 0 Å². The predicted molar refractivity (Wildman–Crippen MR) is 57.1 cm³/mol. The van der Waals surface area contributed by atoms with Crippen molar-refractivity contribution in [2.75, 3.05) is 6.79 Å². The fourth-order valence-corrected chi connectivity index (χ4v) is 1.38. The number of hydrogen-bond donors (Lipinski definition) is 2. The van der Waals surface area contributed by atoms with E-state index in [2.05, 4.69) is 5.32 Å². The van der Waals surface area contributed by atoms with Gasteiger partial charge >= 0.3 is 5.97 Å². The Hall–Kier alpha value is -2.24. The maximum absolute atomic E-state index is 11.7. The van der Waals surface area contributed by atoms with Crippen LogP contribution in [0, 0.1) is 0 Å². The number of aliphatic carboxylic acids is 1. The minimum absolute atomic E-state index is 0.131. The van der Waals surface area contributed by atoms with E-state index in [9.17, 15) is 9.59 Å². The van der Waals surface area contributed by atoms with E-state index < -0.39 is 17.9 Å². The Morgan fingerprint density at radius 2 is 2.06 bits per heavy atom. The molecule has 1 aromatic rings. The molecule has 6 heteroatoms. The summed E-state index contributed by atoms with van der Waals surface area (Å²) in [7, 11) is 0. The van der Waals surface area contributed by atoms with Crippen molar-refractivity contribution in [3.8, 4) is 11.5 Å². The van der Waals surface area contributed by atoms with Crippen LogP contribution in [0.25, 0.3) is 0 Å². The topological polar surface area (TPSA) is 84.9 Å². The van der Waals surface area contributed by atoms with Crippen molar-refractivity contribution < 1.29 is 24.2 Å². The summed E-state index contributed by atoms with van der Waals surface area (Å²) < 4.78 is 10.2. The van der Waals surface area contributed by atoms with E-state index in [0.29, 0.717) is 17.1 Å². The minimum atomic E-state index is -1.08. The molecule has 1 unspecified atom stereocenters. The van der Waals surface area contributed by atoms with Crippen LogP contribution in [0.5, 0.6) is 11.5 Å². The number of carbonyl (C=O) groups is 2. The van der Waals surface area contributed by atoms with Crippen molar-refractivity contribution in [1.29, 1.82) is 0 Å². The zero-order chi connectivity index (χ0) is 12.4. The Kier molecular flexibility index (Phi) is 2.86. The van der Waals surface area contributed by atoms with Crippen LogP contribution < -0.4 is 14.8 Å². The molecule has 1 aliphatic heterocycles. The third-order valence-corrected chi connectivity index (χ3v) is 2.35. The van der Waals surface area contributed by atoms with Crippen LogP contribution in [0.2, 0.25) is 0 Å². The minimum Gasteiger partial charge on any atom is -0.480 e. The Morgan fingerprint density at radius 1 is 1.35 bits per heavy atom. The van der Waals surface area contributed by atoms with Crippen molar-refractivity contribution in [1.82, 2.24) is 5.32 Å². The summed E-state index contributed by atoms with van der Waals surface area (Å²) in [6, 6.07) is 3.75. The first kappa shape index (κ1) is 11.3. The van der Waals surface area contributed by atoms with E-state index in [4.69, 9.17) is 14.6 Å². The molecule has 0 saturated heterocycles. The van der Waals surface area contributed by atoms with Crippen molar-refractivity contribution >= 4 is 11.9 Å². The molecule has 1 heterocycles. The summed E-state index contributed by atoms with van der Waals surface area (Å²) in [5.41, 5.74) is 0.336. The largest absolute Gasteiger partial charge is 0.480 e. The van der Waals surface area contributed by atoms with Gasteiger partial charge in [-0.2, -0.15) is 0 Å². The highest BCUT2D eigenvalue weighted by Gasteiger charge is 2.19. The van der Waals surface area contributed by atoms with E-state index >= 15 is 0 Å². The van der Waals surface area contributed by atoms with Gasteiger partial charge in [0.15, 0.2) is 11.5 Å². The summed E-state index contributed by atoms with van der Waals surface area (Å²) in [5, 5.41) is 11.0. The number of carboxylic acid groups (broad SMARTS) is 1. The molecule has 17 heavy (non-hydrogen) atoms. The highest BCUT2D eigenvalue weighted by Crippen LogP contribution is 2.32. The van der Waals surface area contributed by atoms with Gasteiger partial charge < -0.3 is 19.9 Å². The van der Waals surface area contributed by atoms with Crippen LogP contribution in [0.3, 0.4) is 0 Å². The molecule has 0 aromatic heterocycles. The molecule has 0 saturated carbocycles. The quantitative estimate of drug-likeness (QED) is 0.804. The number of carboxylic acids is 1. The molecule has 6 nitrogen and oxygen atoms in total. The summed E-state index contributed by atoms with van der Waals surface area (Å²) >= 11 is 0. The molecule has 1 amide bonds. The number of benzene rings is 1. The van der Waals surface area contributed by atoms with Gasteiger partial charge in [0, 0.05) is 5.56 Å². The van der Waals surface area contributed by atoms with Crippen molar-refractivity contribution in [3.63, 3.8) is 0 Å². The molecule has 1 atom stereocenters. The van der Waals surface area contributed by atoms with E-state index in [1.165, 1.54) is 13.0 Å². The van der Waals surface area contributed by atoms with Gasteiger partial charge in [0.05, 0.1) is 0 Å². The monoisotopic (exact) mass is 237 g/mol. The van der Waals surface area contributed by atoms with Gasteiger partial charge in [-0.3, -0.25) is 9.59 Å². The van der Waals surface area contributed by atoms with Gasteiger partial charge in [-0.05, 0) is 25.1 Å². The Balaban J connectivity index is 2.12. The fraction of sp³-hybridized carbons (Fsp3) is 0.273. The number of rotatable bonds is 3. The Morgan fingerprint density at radius 3 is 2.76 bits per heavy atom. The Bertz CT molecular complexity index is 471. The zero-order valence-corrected chi connectivity index (χ0v) is 9.10.